The molecule has 0 spiro atoms. The molecule has 1 aromatic carbocycles. The van der Waals surface area contributed by atoms with Crippen LogP contribution in [0.5, 0.6) is 0 Å². The van der Waals surface area contributed by atoms with Crippen molar-refractivity contribution in [3.63, 3.8) is 0 Å². The predicted molar refractivity (Wildman–Crippen MR) is 65.8 cm³/mol. The molecule has 0 aliphatic carbocycles. The van der Waals surface area contributed by atoms with Crippen LogP contribution >= 0.6 is 0 Å². The van der Waals surface area contributed by atoms with Crippen molar-refractivity contribution >= 4 is 17.6 Å². The first kappa shape index (κ1) is 13.9. The van der Waals surface area contributed by atoms with Crippen LogP contribution in [0.2, 0.25) is 0 Å². The summed E-state index contributed by atoms with van der Waals surface area (Å²) in [4.78, 5) is 22.5. The van der Waals surface area contributed by atoms with Crippen molar-refractivity contribution < 1.29 is 18.7 Å². The second-order valence-electron chi connectivity index (χ2n) is 3.72. The molecule has 0 radical (unpaired) electrons. The summed E-state index contributed by atoms with van der Waals surface area (Å²) in [5, 5.41) is 2.29. The number of anilines is 1. The maximum Gasteiger partial charge on any atom is 0.338 e. The third kappa shape index (κ3) is 3.69. The van der Waals surface area contributed by atoms with Crippen LogP contribution in [0, 0.1) is 5.82 Å². The minimum atomic E-state index is -0.612. The van der Waals surface area contributed by atoms with Crippen LogP contribution in [0.15, 0.2) is 30.9 Å². The number of benzene rings is 1. The summed E-state index contributed by atoms with van der Waals surface area (Å²) < 4.78 is 18.3. The molecule has 0 saturated heterocycles. The Morgan fingerprint density at radius 3 is 2.72 bits per heavy atom. The molecule has 1 aromatic rings. The molecule has 0 aliphatic rings. The van der Waals surface area contributed by atoms with E-state index in [0.29, 0.717) is 0 Å². The number of hydrogen-bond acceptors (Lipinski definition) is 3. The fourth-order valence-electron chi connectivity index (χ4n) is 1.22. The van der Waals surface area contributed by atoms with E-state index in [2.05, 4.69) is 11.9 Å². The number of ether oxygens (including phenoxy) is 1. The van der Waals surface area contributed by atoms with E-state index >= 15 is 0 Å². The van der Waals surface area contributed by atoms with Gasteiger partial charge in [0.25, 0.3) is 0 Å². The van der Waals surface area contributed by atoms with Crippen LogP contribution in [-0.4, -0.2) is 18.0 Å². The maximum atomic E-state index is 13.3. The first-order valence-electron chi connectivity index (χ1n) is 5.34. The highest BCUT2D eigenvalue weighted by molar-refractivity contribution is 5.93. The molecular weight excluding hydrogens is 237 g/mol. The SMILES string of the molecule is C=C[C@@H](C)OC(=O)c1ccc(F)c(NC(C)=O)c1. The molecule has 4 nitrogen and oxygen atoms in total. The van der Waals surface area contributed by atoms with Gasteiger partial charge in [0.05, 0.1) is 11.3 Å². The highest BCUT2D eigenvalue weighted by atomic mass is 19.1. The minimum absolute atomic E-state index is 0.0526. The van der Waals surface area contributed by atoms with E-state index < -0.39 is 23.8 Å². The summed E-state index contributed by atoms with van der Waals surface area (Å²) in [7, 11) is 0. The molecule has 0 aromatic heterocycles. The zero-order valence-electron chi connectivity index (χ0n) is 10.2. The van der Waals surface area contributed by atoms with Gasteiger partial charge < -0.3 is 10.1 Å². The van der Waals surface area contributed by atoms with Crippen LogP contribution in [-0.2, 0) is 9.53 Å². The summed E-state index contributed by atoms with van der Waals surface area (Å²) >= 11 is 0. The number of carbonyl (C=O) groups excluding carboxylic acids is 2. The standard InChI is InChI=1S/C13H14FNO3/c1-4-8(2)18-13(17)10-5-6-11(14)12(7-10)15-9(3)16/h4-8H,1H2,2-3H3,(H,15,16)/t8-/m1/s1. The maximum absolute atomic E-state index is 13.3. The lowest BCUT2D eigenvalue weighted by atomic mass is 10.2. The molecular formula is C13H14FNO3. The van der Waals surface area contributed by atoms with E-state index in [4.69, 9.17) is 4.74 Å². The Hall–Kier alpha value is -2.17. The quantitative estimate of drug-likeness (QED) is 0.660. The van der Waals surface area contributed by atoms with Crippen LogP contribution in [0.3, 0.4) is 0 Å². The second-order valence-corrected chi connectivity index (χ2v) is 3.72. The first-order valence-corrected chi connectivity index (χ1v) is 5.34. The fraction of sp³-hybridized carbons (Fsp3) is 0.231. The highest BCUT2D eigenvalue weighted by Crippen LogP contribution is 2.17. The molecule has 1 N–H and O–H groups in total. The van der Waals surface area contributed by atoms with Gasteiger partial charge in [-0.1, -0.05) is 12.7 Å². The van der Waals surface area contributed by atoms with Crippen LogP contribution in [0.4, 0.5) is 10.1 Å². The second kappa shape index (κ2) is 5.95. The van der Waals surface area contributed by atoms with E-state index in [1.165, 1.54) is 25.1 Å². The molecule has 0 saturated carbocycles. The molecule has 0 bridgehead atoms. The lowest BCUT2D eigenvalue weighted by Crippen LogP contribution is -2.14. The summed E-state index contributed by atoms with van der Waals surface area (Å²) in [6.07, 6.45) is 1.03. The number of halogens is 1. The van der Waals surface area contributed by atoms with Gasteiger partial charge in [0, 0.05) is 6.92 Å². The van der Waals surface area contributed by atoms with Crippen molar-refractivity contribution in [3.05, 3.63) is 42.2 Å². The average molecular weight is 251 g/mol. The van der Waals surface area contributed by atoms with Crippen LogP contribution in [0.25, 0.3) is 0 Å². The Morgan fingerprint density at radius 2 is 2.17 bits per heavy atom. The van der Waals surface area contributed by atoms with Gasteiger partial charge in [-0.05, 0) is 25.1 Å². The lowest BCUT2D eigenvalue weighted by molar-refractivity contribution is -0.114. The fourth-order valence-corrected chi connectivity index (χ4v) is 1.22. The number of nitrogens with one attached hydrogen (secondary N) is 1. The molecule has 0 fully saturated rings. The van der Waals surface area contributed by atoms with Gasteiger partial charge in [0.1, 0.15) is 11.9 Å². The third-order valence-corrected chi connectivity index (χ3v) is 2.14. The Bertz CT molecular complexity index is 485. The van der Waals surface area contributed by atoms with Crippen molar-refractivity contribution in [2.45, 2.75) is 20.0 Å². The van der Waals surface area contributed by atoms with E-state index in [1.807, 2.05) is 0 Å². The molecule has 1 rings (SSSR count). The van der Waals surface area contributed by atoms with Gasteiger partial charge in [-0.3, -0.25) is 4.79 Å². The molecule has 0 aliphatic heterocycles. The van der Waals surface area contributed by atoms with Crippen molar-refractivity contribution in [3.8, 4) is 0 Å². The Kier molecular flexibility index (Phi) is 4.59. The lowest BCUT2D eigenvalue weighted by Gasteiger charge is -2.10. The molecule has 18 heavy (non-hydrogen) atoms. The van der Waals surface area contributed by atoms with E-state index in [1.54, 1.807) is 6.92 Å². The predicted octanol–water partition coefficient (Wildman–Crippen LogP) is 2.52. The Balaban J connectivity index is 2.93. The summed E-state index contributed by atoms with van der Waals surface area (Å²) in [5.41, 5.74) is 0.108. The normalized spacial score (nSPS) is 11.5. The molecule has 1 amide bonds. The largest absolute Gasteiger partial charge is 0.455 e. The van der Waals surface area contributed by atoms with E-state index in [0.717, 1.165) is 6.07 Å². The number of hydrogen-bond donors (Lipinski definition) is 1. The van der Waals surface area contributed by atoms with E-state index in [-0.39, 0.29) is 11.3 Å². The Labute approximate surface area is 104 Å². The van der Waals surface area contributed by atoms with Gasteiger partial charge >= 0.3 is 5.97 Å². The number of carbonyl (C=O) groups is 2. The van der Waals surface area contributed by atoms with Gasteiger partial charge in [-0.2, -0.15) is 0 Å². The Morgan fingerprint density at radius 1 is 1.50 bits per heavy atom. The monoisotopic (exact) mass is 251 g/mol. The third-order valence-electron chi connectivity index (χ3n) is 2.14. The number of esters is 1. The molecule has 1 atom stereocenters. The molecule has 0 unspecified atom stereocenters. The van der Waals surface area contributed by atoms with Crippen LogP contribution in [0.1, 0.15) is 24.2 Å². The zero-order valence-corrected chi connectivity index (χ0v) is 10.2. The van der Waals surface area contributed by atoms with Crippen LogP contribution < -0.4 is 5.32 Å². The summed E-state index contributed by atoms with van der Waals surface area (Å²) in [6, 6.07) is 3.62. The summed E-state index contributed by atoms with van der Waals surface area (Å²) in [5.74, 6) is -1.63. The molecule has 0 heterocycles. The van der Waals surface area contributed by atoms with Crippen molar-refractivity contribution in [1.29, 1.82) is 0 Å². The van der Waals surface area contributed by atoms with Gasteiger partial charge in [0.2, 0.25) is 5.91 Å². The topological polar surface area (TPSA) is 55.4 Å². The van der Waals surface area contributed by atoms with Gasteiger partial charge in [-0.25, -0.2) is 9.18 Å². The molecule has 96 valence electrons. The van der Waals surface area contributed by atoms with Gasteiger partial charge in [0.15, 0.2) is 0 Å². The molecule has 5 heteroatoms. The van der Waals surface area contributed by atoms with Gasteiger partial charge in [-0.15, -0.1) is 0 Å². The van der Waals surface area contributed by atoms with Crippen molar-refractivity contribution in [2.24, 2.45) is 0 Å². The number of rotatable bonds is 4. The first-order chi connectivity index (χ1) is 8.43. The average Bonchev–Trinajstić information content (AvgIpc) is 2.31. The zero-order chi connectivity index (χ0) is 13.7. The minimum Gasteiger partial charge on any atom is -0.455 e. The highest BCUT2D eigenvalue weighted by Gasteiger charge is 2.13. The van der Waals surface area contributed by atoms with Crippen molar-refractivity contribution in [1.82, 2.24) is 0 Å². The summed E-state index contributed by atoms with van der Waals surface area (Å²) in [6.45, 7) is 6.39. The van der Waals surface area contributed by atoms with E-state index in [9.17, 15) is 14.0 Å². The smallest absolute Gasteiger partial charge is 0.338 e. The van der Waals surface area contributed by atoms with Crippen molar-refractivity contribution in [2.75, 3.05) is 5.32 Å². The number of amides is 1.